The number of carbonyl (C=O) groups is 1. The van der Waals surface area contributed by atoms with Crippen molar-refractivity contribution in [1.82, 2.24) is 14.8 Å². The molecule has 3 aromatic rings. The number of hydrogen-bond donors (Lipinski definition) is 1. The Morgan fingerprint density at radius 3 is 2.64 bits per heavy atom. The largest absolute Gasteiger partial charge is 0.493 e. The van der Waals surface area contributed by atoms with Crippen LogP contribution >= 0.6 is 23.1 Å². The van der Waals surface area contributed by atoms with E-state index in [1.807, 2.05) is 35.8 Å². The van der Waals surface area contributed by atoms with Crippen LogP contribution in [0.2, 0.25) is 0 Å². The number of fused-ring (bicyclic) bond motifs is 1. The Labute approximate surface area is 221 Å². The minimum absolute atomic E-state index is 0.135. The van der Waals surface area contributed by atoms with Gasteiger partial charge in [-0.15, -0.1) is 21.5 Å². The summed E-state index contributed by atoms with van der Waals surface area (Å²) in [4.78, 5) is 14.1. The number of benzene rings is 1. The first-order valence-electron chi connectivity index (χ1n) is 12.6. The van der Waals surface area contributed by atoms with Crippen LogP contribution in [0.1, 0.15) is 62.5 Å². The Kier molecular flexibility index (Phi) is 9.05. The highest BCUT2D eigenvalue weighted by atomic mass is 32.2. The molecule has 0 atom stereocenters. The molecule has 4 rings (SSSR count). The van der Waals surface area contributed by atoms with Crippen molar-refractivity contribution < 1.29 is 9.53 Å². The lowest BCUT2D eigenvalue weighted by Gasteiger charge is -2.10. The Morgan fingerprint density at radius 2 is 1.94 bits per heavy atom. The second-order valence-corrected chi connectivity index (χ2v) is 11.4. The zero-order valence-corrected chi connectivity index (χ0v) is 22.8. The van der Waals surface area contributed by atoms with E-state index in [0.717, 1.165) is 48.4 Å². The van der Waals surface area contributed by atoms with Crippen molar-refractivity contribution >= 4 is 34.0 Å². The maximum absolute atomic E-state index is 12.8. The highest BCUT2D eigenvalue weighted by Gasteiger charge is 2.21. The van der Waals surface area contributed by atoms with Gasteiger partial charge in [0.15, 0.2) is 11.0 Å². The van der Waals surface area contributed by atoms with E-state index >= 15 is 0 Å². The highest BCUT2D eigenvalue weighted by molar-refractivity contribution is 7.99. The van der Waals surface area contributed by atoms with Crippen molar-refractivity contribution in [1.29, 1.82) is 5.26 Å². The normalized spacial score (nSPS) is 13.5. The summed E-state index contributed by atoms with van der Waals surface area (Å²) < 4.78 is 7.79. The molecule has 190 valence electrons. The summed E-state index contributed by atoms with van der Waals surface area (Å²) in [5, 5.41) is 22.9. The van der Waals surface area contributed by atoms with Crippen LogP contribution in [0.25, 0.3) is 11.4 Å². The molecule has 2 heterocycles. The molecule has 2 aromatic heterocycles. The number of amides is 1. The maximum atomic E-state index is 12.8. The standard InChI is InChI=1S/C27H33N5O2S2/c1-4-32-25(19-11-13-20(14-12-19)34-16-18(2)3)30-31-27(32)35-17-24(33)29-26-22(15-28)21-9-7-5-6-8-10-23(21)36-26/h11-14,18H,4-10,16-17H2,1-3H3,(H,29,33). The SMILES string of the molecule is CCn1c(SCC(=O)Nc2sc3c(c2C#N)CCCCCC3)nnc1-c1ccc(OCC(C)C)cc1. The maximum Gasteiger partial charge on any atom is 0.235 e. The van der Waals surface area contributed by atoms with E-state index in [4.69, 9.17) is 4.74 Å². The van der Waals surface area contributed by atoms with Gasteiger partial charge in [-0.3, -0.25) is 4.79 Å². The fraction of sp³-hybridized carbons (Fsp3) is 0.481. The van der Waals surface area contributed by atoms with Crippen LogP contribution < -0.4 is 10.1 Å². The van der Waals surface area contributed by atoms with Crippen LogP contribution in [0.15, 0.2) is 29.4 Å². The number of thioether (sulfide) groups is 1. The van der Waals surface area contributed by atoms with Crippen molar-refractivity contribution in [3.8, 4) is 23.2 Å². The molecule has 0 saturated carbocycles. The van der Waals surface area contributed by atoms with Crippen molar-refractivity contribution in [3.05, 3.63) is 40.3 Å². The Bertz CT molecular complexity index is 1220. The zero-order chi connectivity index (χ0) is 25.5. The van der Waals surface area contributed by atoms with Gasteiger partial charge in [0.2, 0.25) is 5.91 Å². The number of carbonyl (C=O) groups excluding carboxylic acids is 1. The number of nitriles is 1. The van der Waals surface area contributed by atoms with Crippen molar-refractivity contribution in [2.24, 2.45) is 5.92 Å². The van der Waals surface area contributed by atoms with Gasteiger partial charge in [-0.2, -0.15) is 5.26 Å². The Balaban J connectivity index is 1.41. The number of nitrogens with one attached hydrogen (secondary N) is 1. The Hall–Kier alpha value is -2.83. The summed E-state index contributed by atoms with van der Waals surface area (Å²) in [7, 11) is 0. The molecule has 0 bridgehead atoms. The first kappa shape index (κ1) is 26.2. The molecule has 0 saturated heterocycles. The number of aryl methyl sites for hydroxylation is 1. The third-order valence-electron chi connectivity index (χ3n) is 6.10. The fourth-order valence-electron chi connectivity index (χ4n) is 4.28. The molecule has 0 radical (unpaired) electrons. The predicted octanol–water partition coefficient (Wildman–Crippen LogP) is 6.32. The van der Waals surface area contributed by atoms with E-state index < -0.39 is 0 Å². The number of anilines is 1. The lowest BCUT2D eigenvalue weighted by atomic mass is 9.97. The summed E-state index contributed by atoms with van der Waals surface area (Å²) in [6, 6.07) is 10.2. The van der Waals surface area contributed by atoms with Crippen LogP contribution in [-0.2, 0) is 24.2 Å². The van der Waals surface area contributed by atoms with Crippen LogP contribution in [0.3, 0.4) is 0 Å². The number of ether oxygens (including phenoxy) is 1. The summed E-state index contributed by atoms with van der Waals surface area (Å²) in [6.45, 7) is 7.65. The minimum Gasteiger partial charge on any atom is -0.493 e. The molecule has 7 nitrogen and oxygen atoms in total. The average molecular weight is 524 g/mol. The molecule has 1 aliphatic rings. The third-order valence-corrected chi connectivity index (χ3v) is 8.27. The number of thiophene rings is 1. The number of hydrogen-bond acceptors (Lipinski definition) is 7. The van der Waals surface area contributed by atoms with Gasteiger partial charge in [-0.25, -0.2) is 0 Å². The summed E-state index contributed by atoms with van der Waals surface area (Å²) in [5.74, 6) is 2.13. The third kappa shape index (κ3) is 6.29. The van der Waals surface area contributed by atoms with E-state index in [-0.39, 0.29) is 11.7 Å². The van der Waals surface area contributed by atoms with Gasteiger partial charge in [-0.05, 0) is 68.4 Å². The molecular formula is C27H33N5O2S2. The van der Waals surface area contributed by atoms with Crippen molar-refractivity contribution in [2.75, 3.05) is 17.7 Å². The van der Waals surface area contributed by atoms with Gasteiger partial charge in [0, 0.05) is 17.0 Å². The van der Waals surface area contributed by atoms with E-state index in [9.17, 15) is 10.1 Å². The summed E-state index contributed by atoms with van der Waals surface area (Å²) >= 11 is 2.93. The predicted molar refractivity (Wildman–Crippen MR) is 146 cm³/mol. The summed E-state index contributed by atoms with van der Waals surface area (Å²) in [6.07, 6.45) is 6.59. The van der Waals surface area contributed by atoms with Crippen LogP contribution in [0, 0.1) is 17.2 Å². The van der Waals surface area contributed by atoms with Crippen LogP contribution in [0.5, 0.6) is 5.75 Å². The molecule has 9 heteroatoms. The second kappa shape index (κ2) is 12.4. The molecule has 0 spiro atoms. The first-order valence-corrected chi connectivity index (χ1v) is 14.4. The topological polar surface area (TPSA) is 92.8 Å². The molecule has 0 unspecified atom stereocenters. The second-order valence-electron chi connectivity index (χ2n) is 9.35. The quantitative estimate of drug-likeness (QED) is 0.330. The molecule has 1 aromatic carbocycles. The Morgan fingerprint density at radius 1 is 1.19 bits per heavy atom. The zero-order valence-electron chi connectivity index (χ0n) is 21.2. The van der Waals surface area contributed by atoms with Crippen LogP contribution in [-0.4, -0.2) is 33.0 Å². The van der Waals surface area contributed by atoms with Gasteiger partial charge < -0.3 is 14.6 Å². The molecule has 0 aliphatic heterocycles. The molecule has 1 N–H and O–H groups in total. The smallest absolute Gasteiger partial charge is 0.235 e. The van der Waals surface area contributed by atoms with Gasteiger partial charge in [0.1, 0.15) is 16.8 Å². The van der Waals surface area contributed by atoms with Gasteiger partial charge >= 0.3 is 0 Å². The number of aromatic nitrogens is 3. The minimum atomic E-state index is -0.135. The van der Waals surface area contributed by atoms with Gasteiger partial charge in [0.05, 0.1) is 17.9 Å². The van der Waals surface area contributed by atoms with Crippen molar-refractivity contribution in [3.63, 3.8) is 0 Å². The van der Waals surface area contributed by atoms with E-state index in [1.165, 1.54) is 29.5 Å². The van der Waals surface area contributed by atoms with Crippen LogP contribution in [0.4, 0.5) is 5.00 Å². The molecule has 1 amide bonds. The van der Waals surface area contributed by atoms with E-state index in [0.29, 0.717) is 34.8 Å². The lowest BCUT2D eigenvalue weighted by molar-refractivity contribution is -0.113. The number of rotatable bonds is 9. The highest BCUT2D eigenvalue weighted by Crippen LogP contribution is 2.36. The van der Waals surface area contributed by atoms with Gasteiger partial charge in [0.25, 0.3) is 0 Å². The molecule has 36 heavy (non-hydrogen) atoms. The monoisotopic (exact) mass is 523 g/mol. The van der Waals surface area contributed by atoms with Crippen molar-refractivity contribution in [2.45, 2.75) is 71.0 Å². The molecule has 1 aliphatic carbocycles. The fourth-order valence-corrected chi connectivity index (χ4v) is 6.33. The van der Waals surface area contributed by atoms with E-state index in [1.54, 1.807) is 11.3 Å². The first-order chi connectivity index (χ1) is 17.5. The van der Waals surface area contributed by atoms with Gasteiger partial charge in [-0.1, -0.05) is 38.5 Å². The molecule has 0 fully saturated rings. The van der Waals surface area contributed by atoms with E-state index in [2.05, 4.69) is 35.4 Å². The molecular weight excluding hydrogens is 490 g/mol. The summed E-state index contributed by atoms with van der Waals surface area (Å²) in [5.41, 5.74) is 2.74. The average Bonchev–Trinajstić information content (AvgIpc) is 3.41. The lowest BCUT2D eigenvalue weighted by Crippen LogP contribution is -2.14. The number of nitrogens with zero attached hydrogens (tertiary/aromatic N) is 4.